The molecular weight excluding hydrogens is 340 g/mol. The molecule has 1 N–H and O–H groups in total. The van der Waals surface area contributed by atoms with Gasteiger partial charge in [0.25, 0.3) is 0 Å². The highest BCUT2D eigenvalue weighted by molar-refractivity contribution is 7.13. The van der Waals surface area contributed by atoms with Crippen LogP contribution in [-0.2, 0) is 6.54 Å². The Bertz CT molecular complexity index is 763. The third-order valence-electron chi connectivity index (χ3n) is 6.73. The number of thiazole rings is 1. The molecule has 138 valence electrons. The number of anilines is 1. The van der Waals surface area contributed by atoms with Crippen molar-refractivity contribution < 1.29 is 0 Å². The summed E-state index contributed by atoms with van der Waals surface area (Å²) in [5.41, 5.74) is 4.10. The molecule has 3 atom stereocenters. The van der Waals surface area contributed by atoms with Crippen LogP contribution in [0, 0.1) is 12.8 Å². The van der Waals surface area contributed by atoms with Crippen molar-refractivity contribution in [3.05, 3.63) is 46.5 Å². The molecule has 4 nitrogen and oxygen atoms in total. The van der Waals surface area contributed by atoms with E-state index in [0.29, 0.717) is 18.0 Å². The van der Waals surface area contributed by atoms with E-state index in [1.807, 2.05) is 7.05 Å². The Morgan fingerprint density at radius 1 is 1.15 bits per heavy atom. The van der Waals surface area contributed by atoms with E-state index in [-0.39, 0.29) is 0 Å². The summed E-state index contributed by atoms with van der Waals surface area (Å²) in [7, 11) is 1.95. The van der Waals surface area contributed by atoms with Crippen LogP contribution in [0.25, 0.3) is 0 Å². The van der Waals surface area contributed by atoms with Crippen molar-refractivity contribution in [2.45, 2.75) is 44.3 Å². The molecule has 6 rings (SSSR count). The Morgan fingerprint density at radius 2 is 1.92 bits per heavy atom. The Labute approximate surface area is 160 Å². The number of hydrogen-bond acceptors (Lipinski definition) is 5. The molecule has 0 amide bonds. The summed E-state index contributed by atoms with van der Waals surface area (Å²) < 4.78 is 0. The highest BCUT2D eigenvalue weighted by atomic mass is 32.1. The van der Waals surface area contributed by atoms with Gasteiger partial charge in [-0.1, -0.05) is 29.8 Å². The van der Waals surface area contributed by atoms with E-state index in [0.717, 1.165) is 24.1 Å². The number of piperidine rings is 3. The monoisotopic (exact) mass is 368 g/mol. The predicted molar refractivity (Wildman–Crippen MR) is 108 cm³/mol. The molecule has 0 saturated carbocycles. The Kier molecular flexibility index (Phi) is 4.26. The van der Waals surface area contributed by atoms with Crippen molar-refractivity contribution in [2.75, 3.05) is 32.0 Å². The van der Waals surface area contributed by atoms with Gasteiger partial charge in [-0.15, -0.1) is 11.3 Å². The molecule has 4 aliphatic rings. The number of aryl methyl sites for hydroxylation is 1. The van der Waals surface area contributed by atoms with Crippen LogP contribution >= 0.6 is 11.3 Å². The lowest BCUT2D eigenvalue weighted by Gasteiger charge is -2.51. The summed E-state index contributed by atoms with van der Waals surface area (Å²) >= 11 is 1.72. The van der Waals surface area contributed by atoms with Gasteiger partial charge in [0.1, 0.15) is 0 Å². The van der Waals surface area contributed by atoms with E-state index in [4.69, 9.17) is 4.98 Å². The van der Waals surface area contributed by atoms with Gasteiger partial charge >= 0.3 is 0 Å². The Balaban J connectivity index is 1.45. The van der Waals surface area contributed by atoms with Crippen molar-refractivity contribution in [1.29, 1.82) is 0 Å². The van der Waals surface area contributed by atoms with Crippen molar-refractivity contribution in [1.82, 2.24) is 14.8 Å². The lowest BCUT2D eigenvalue weighted by atomic mass is 9.75. The Hall–Kier alpha value is -1.43. The van der Waals surface area contributed by atoms with E-state index < -0.39 is 0 Å². The third-order valence-corrected chi connectivity index (χ3v) is 7.64. The normalized spacial score (nSPS) is 33.4. The van der Waals surface area contributed by atoms with Crippen molar-refractivity contribution in [3.63, 3.8) is 0 Å². The quantitative estimate of drug-likeness (QED) is 0.894. The zero-order valence-corrected chi connectivity index (χ0v) is 16.5. The first-order chi connectivity index (χ1) is 12.7. The van der Waals surface area contributed by atoms with E-state index in [1.54, 1.807) is 11.3 Å². The average molecular weight is 369 g/mol. The van der Waals surface area contributed by atoms with E-state index in [9.17, 15) is 0 Å². The number of nitrogens with one attached hydrogen (secondary N) is 1. The first kappa shape index (κ1) is 16.7. The lowest BCUT2D eigenvalue weighted by molar-refractivity contribution is -0.00893. The van der Waals surface area contributed by atoms with Crippen LogP contribution in [0.15, 0.2) is 29.6 Å². The van der Waals surface area contributed by atoms with Gasteiger partial charge in [-0.25, -0.2) is 4.98 Å². The van der Waals surface area contributed by atoms with Gasteiger partial charge in [-0.2, -0.15) is 0 Å². The molecule has 2 bridgehead atoms. The molecule has 2 aromatic rings. The summed E-state index contributed by atoms with van der Waals surface area (Å²) in [6.45, 7) is 6.93. The van der Waals surface area contributed by atoms with Crippen LogP contribution in [0.3, 0.4) is 0 Å². The summed E-state index contributed by atoms with van der Waals surface area (Å²) in [5.74, 6) is 1.49. The molecule has 5 heteroatoms. The van der Waals surface area contributed by atoms with Crippen LogP contribution < -0.4 is 5.32 Å². The smallest absolute Gasteiger partial charge is 0.182 e. The first-order valence-electron chi connectivity index (χ1n) is 9.90. The van der Waals surface area contributed by atoms with Gasteiger partial charge in [0, 0.05) is 43.5 Å². The Morgan fingerprint density at radius 3 is 2.62 bits per heavy atom. The molecule has 4 aliphatic heterocycles. The summed E-state index contributed by atoms with van der Waals surface area (Å²) in [5, 5.41) is 6.43. The second-order valence-electron chi connectivity index (χ2n) is 8.20. The highest BCUT2D eigenvalue weighted by Gasteiger charge is 2.53. The molecule has 4 fully saturated rings. The topological polar surface area (TPSA) is 31.4 Å². The van der Waals surface area contributed by atoms with Crippen molar-refractivity contribution in [3.8, 4) is 0 Å². The van der Waals surface area contributed by atoms with Crippen LogP contribution in [0.2, 0.25) is 0 Å². The maximum atomic E-state index is 4.75. The summed E-state index contributed by atoms with van der Waals surface area (Å²) in [6, 6.07) is 10.7. The fourth-order valence-corrected chi connectivity index (χ4v) is 6.19. The van der Waals surface area contributed by atoms with Gasteiger partial charge in [0.15, 0.2) is 5.13 Å². The second-order valence-corrected chi connectivity index (χ2v) is 9.05. The largest absolute Gasteiger partial charge is 0.365 e. The van der Waals surface area contributed by atoms with E-state index in [1.165, 1.54) is 42.8 Å². The first-order valence-corrected chi connectivity index (χ1v) is 10.8. The number of aromatic nitrogens is 1. The predicted octanol–water partition coefficient (Wildman–Crippen LogP) is 3.56. The summed E-state index contributed by atoms with van der Waals surface area (Å²) in [6.07, 6.45) is 2.74. The van der Waals surface area contributed by atoms with Gasteiger partial charge < -0.3 is 5.32 Å². The molecule has 1 aromatic heterocycles. The number of nitrogens with zero attached hydrogens (tertiary/aromatic N) is 3. The SMILES string of the molecule is CNc1nc(CN2C[C@H](c3ccc(C)cc3)[C@@H]3[C@H]2C2CCN3CC2)cs1. The fraction of sp³-hybridized carbons (Fsp3) is 0.571. The van der Waals surface area contributed by atoms with Gasteiger partial charge in [0.2, 0.25) is 0 Å². The number of fused-ring (bicyclic) bond motifs is 2. The number of likely N-dealkylation sites (tertiary alicyclic amines) is 1. The van der Waals surface area contributed by atoms with Gasteiger partial charge in [-0.3, -0.25) is 9.80 Å². The van der Waals surface area contributed by atoms with E-state index >= 15 is 0 Å². The van der Waals surface area contributed by atoms with Crippen LogP contribution in [-0.4, -0.2) is 53.5 Å². The second kappa shape index (κ2) is 6.63. The maximum Gasteiger partial charge on any atom is 0.182 e. The van der Waals surface area contributed by atoms with E-state index in [2.05, 4.69) is 51.7 Å². The number of benzene rings is 1. The standard InChI is InChI=1S/C21H28N4S/c1-14-3-5-15(6-4-14)18-12-25(11-17-13-26-21(22-2)23-17)19-16-7-9-24(10-8-16)20(18)19/h3-6,13,16,18-20H,7-12H2,1-2H3,(H,22,23)/t18-,19-,20-/m1/s1. The molecule has 0 aliphatic carbocycles. The molecule has 4 saturated heterocycles. The molecule has 0 radical (unpaired) electrons. The summed E-state index contributed by atoms with van der Waals surface area (Å²) in [4.78, 5) is 10.3. The van der Waals surface area contributed by atoms with Crippen molar-refractivity contribution >= 4 is 16.5 Å². The fourth-order valence-electron chi connectivity index (χ4n) is 5.53. The molecule has 5 heterocycles. The minimum absolute atomic E-state index is 0.631. The third kappa shape index (κ3) is 2.77. The zero-order chi connectivity index (χ0) is 17.7. The average Bonchev–Trinajstić information content (AvgIpc) is 3.30. The maximum absolute atomic E-state index is 4.75. The molecule has 0 spiro atoms. The van der Waals surface area contributed by atoms with Crippen LogP contribution in [0.5, 0.6) is 0 Å². The minimum atomic E-state index is 0.631. The van der Waals surface area contributed by atoms with Gasteiger partial charge in [0.05, 0.1) is 5.69 Å². The van der Waals surface area contributed by atoms with Crippen LogP contribution in [0.4, 0.5) is 5.13 Å². The minimum Gasteiger partial charge on any atom is -0.365 e. The van der Waals surface area contributed by atoms with Crippen LogP contribution in [0.1, 0.15) is 35.6 Å². The molecule has 0 unspecified atom stereocenters. The zero-order valence-electron chi connectivity index (χ0n) is 15.7. The number of hydrogen-bond donors (Lipinski definition) is 1. The molecule has 26 heavy (non-hydrogen) atoms. The lowest BCUT2D eigenvalue weighted by Crippen LogP contribution is -2.59. The van der Waals surface area contributed by atoms with Gasteiger partial charge in [-0.05, 0) is 44.3 Å². The highest BCUT2D eigenvalue weighted by Crippen LogP contribution is 2.47. The van der Waals surface area contributed by atoms with Crippen molar-refractivity contribution in [2.24, 2.45) is 5.92 Å². The molecular formula is C21H28N4S. The number of rotatable bonds is 4. The molecule has 1 aromatic carbocycles.